The Bertz CT molecular complexity index is 452. The lowest BCUT2D eigenvalue weighted by molar-refractivity contribution is 0.402. The van der Waals surface area contributed by atoms with Gasteiger partial charge in [-0.25, -0.2) is 4.99 Å². The first kappa shape index (κ1) is 18.5. The lowest BCUT2D eigenvalue weighted by atomic mass is 10.1. The molecule has 4 nitrogen and oxygen atoms in total. The van der Waals surface area contributed by atoms with Gasteiger partial charge < -0.3 is 15.5 Å². The molecule has 0 aromatic heterocycles. The first-order valence-corrected chi connectivity index (χ1v) is 8.26. The third kappa shape index (κ3) is 8.03. The van der Waals surface area contributed by atoms with E-state index in [9.17, 15) is 0 Å². The molecule has 2 N–H and O–H groups in total. The highest BCUT2D eigenvalue weighted by Crippen LogP contribution is 2.08. The Labute approximate surface area is 136 Å². The monoisotopic (exact) mass is 304 g/mol. The van der Waals surface area contributed by atoms with E-state index in [0.717, 1.165) is 32.0 Å². The first-order valence-electron chi connectivity index (χ1n) is 8.26. The molecule has 124 valence electrons. The molecule has 0 spiro atoms. The molecule has 0 atom stereocenters. The zero-order valence-electron chi connectivity index (χ0n) is 14.8. The molecule has 0 saturated carbocycles. The van der Waals surface area contributed by atoms with Crippen LogP contribution in [-0.2, 0) is 13.1 Å². The fourth-order valence-electron chi connectivity index (χ4n) is 2.18. The predicted molar refractivity (Wildman–Crippen MR) is 96.1 cm³/mol. The number of benzene rings is 1. The van der Waals surface area contributed by atoms with E-state index in [2.05, 4.69) is 79.7 Å². The van der Waals surface area contributed by atoms with Gasteiger partial charge in [-0.2, -0.15) is 0 Å². The molecule has 1 rings (SSSR count). The summed E-state index contributed by atoms with van der Waals surface area (Å²) >= 11 is 0. The third-order valence-corrected chi connectivity index (χ3v) is 3.27. The minimum absolute atomic E-state index is 0.707. The van der Waals surface area contributed by atoms with Gasteiger partial charge in [-0.3, -0.25) is 0 Å². The van der Waals surface area contributed by atoms with E-state index in [0.29, 0.717) is 12.5 Å². The zero-order valence-corrected chi connectivity index (χ0v) is 14.8. The number of hydrogen-bond acceptors (Lipinski definition) is 2. The van der Waals surface area contributed by atoms with Gasteiger partial charge in [-0.05, 0) is 44.5 Å². The maximum atomic E-state index is 4.68. The molecule has 0 unspecified atom stereocenters. The molecule has 1 aromatic rings. The van der Waals surface area contributed by atoms with Gasteiger partial charge in [-0.1, -0.05) is 38.1 Å². The Morgan fingerprint density at radius 2 is 1.91 bits per heavy atom. The lowest BCUT2D eigenvalue weighted by Crippen LogP contribution is -2.38. The molecule has 0 saturated heterocycles. The highest BCUT2D eigenvalue weighted by atomic mass is 15.2. The molecule has 0 aliphatic rings. The maximum absolute atomic E-state index is 4.68. The van der Waals surface area contributed by atoms with Crippen LogP contribution < -0.4 is 10.6 Å². The molecule has 0 heterocycles. The number of aliphatic imine (C=N–C) groups is 1. The van der Waals surface area contributed by atoms with Crippen molar-refractivity contribution in [2.75, 3.05) is 27.2 Å². The Morgan fingerprint density at radius 1 is 1.18 bits per heavy atom. The van der Waals surface area contributed by atoms with Crippen molar-refractivity contribution in [2.24, 2.45) is 10.9 Å². The van der Waals surface area contributed by atoms with Crippen molar-refractivity contribution in [1.82, 2.24) is 15.5 Å². The van der Waals surface area contributed by atoms with Gasteiger partial charge in [0.05, 0.1) is 6.54 Å². The fraction of sp³-hybridized carbons (Fsp3) is 0.611. The van der Waals surface area contributed by atoms with E-state index in [1.807, 2.05) is 0 Å². The number of rotatable bonds is 8. The van der Waals surface area contributed by atoms with Crippen LogP contribution >= 0.6 is 0 Å². The SMILES string of the molecule is CCNC(=NCc1cccc(CN(C)C)c1)NCCC(C)C. The Hall–Kier alpha value is -1.55. The zero-order chi connectivity index (χ0) is 16.4. The van der Waals surface area contributed by atoms with Crippen molar-refractivity contribution in [3.05, 3.63) is 35.4 Å². The van der Waals surface area contributed by atoms with E-state index in [1.165, 1.54) is 11.1 Å². The summed E-state index contributed by atoms with van der Waals surface area (Å²) in [5, 5.41) is 6.70. The van der Waals surface area contributed by atoms with Crippen LogP contribution in [0, 0.1) is 5.92 Å². The Kier molecular flexibility index (Phi) is 8.60. The molecule has 0 amide bonds. The van der Waals surface area contributed by atoms with Crippen LogP contribution in [0.2, 0.25) is 0 Å². The standard InChI is InChI=1S/C18H32N4/c1-6-19-18(20-11-10-15(2)3)21-13-16-8-7-9-17(12-16)14-22(4)5/h7-9,12,15H,6,10-11,13-14H2,1-5H3,(H2,19,20,21). The quantitative estimate of drug-likeness (QED) is 0.573. The van der Waals surface area contributed by atoms with Crippen LogP contribution in [0.3, 0.4) is 0 Å². The largest absolute Gasteiger partial charge is 0.357 e. The minimum atomic E-state index is 0.707. The molecule has 0 aliphatic heterocycles. The first-order chi connectivity index (χ1) is 10.5. The molecular formula is C18H32N4. The lowest BCUT2D eigenvalue weighted by Gasteiger charge is -2.13. The Balaban J connectivity index is 2.60. The third-order valence-electron chi connectivity index (χ3n) is 3.27. The van der Waals surface area contributed by atoms with Gasteiger partial charge in [0.15, 0.2) is 5.96 Å². The smallest absolute Gasteiger partial charge is 0.191 e. The summed E-state index contributed by atoms with van der Waals surface area (Å²) in [7, 11) is 4.18. The number of nitrogens with zero attached hydrogens (tertiary/aromatic N) is 2. The average molecular weight is 304 g/mol. The molecular weight excluding hydrogens is 272 g/mol. The molecule has 1 aromatic carbocycles. The van der Waals surface area contributed by atoms with Crippen LogP contribution in [0.15, 0.2) is 29.3 Å². The summed E-state index contributed by atoms with van der Waals surface area (Å²) < 4.78 is 0. The van der Waals surface area contributed by atoms with Crippen molar-refractivity contribution in [1.29, 1.82) is 0 Å². The van der Waals surface area contributed by atoms with Crippen LogP contribution in [0.5, 0.6) is 0 Å². The fourth-order valence-corrected chi connectivity index (χ4v) is 2.18. The van der Waals surface area contributed by atoms with Crippen molar-refractivity contribution >= 4 is 5.96 Å². The number of nitrogens with one attached hydrogen (secondary N) is 2. The van der Waals surface area contributed by atoms with E-state index in [4.69, 9.17) is 0 Å². The van der Waals surface area contributed by atoms with E-state index in [1.54, 1.807) is 0 Å². The van der Waals surface area contributed by atoms with E-state index in [-0.39, 0.29) is 0 Å². The van der Waals surface area contributed by atoms with Crippen LogP contribution in [0.4, 0.5) is 0 Å². The summed E-state index contributed by atoms with van der Waals surface area (Å²) in [6.45, 7) is 10.1. The second kappa shape index (κ2) is 10.2. The summed E-state index contributed by atoms with van der Waals surface area (Å²) in [6, 6.07) is 8.66. The van der Waals surface area contributed by atoms with E-state index < -0.39 is 0 Å². The van der Waals surface area contributed by atoms with Crippen molar-refractivity contribution < 1.29 is 0 Å². The molecule has 0 radical (unpaired) electrons. The van der Waals surface area contributed by atoms with Gasteiger partial charge in [0.1, 0.15) is 0 Å². The van der Waals surface area contributed by atoms with Crippen molar-refractivity contribution in [3.8, 4) is 0 Å². The summed E-state index contributed by atoms with van der Waals surface area (Å²) in [5.41, 5.74) is 2.58. The molecule has 0 fully saturated rings. The van der Waals surface area contributed by atoms with Crippen molar-refractivity contribution in [3.63, 3.8) is 0 Å². The molecule has 22 heavy (non-hydrogen) atoms. The number of hydrogen-bond donors (Lipinski definition) is 2. The second-order valence-electron chi connectivity index (χ2n) is 6.36. The van der Waals surface area contributed by atoms with Crippen LogP contribution in [0.25, 0.3) is 0 Å². The van der Waals surface area contributed by atoms with Crippen LogP contribution in [0.1, 0.15) is 38.3 Å². The molecule has 0 aliphatic carbocycles. The highest BCUT2D eigenvalue weighted by Gasteiger charge is 2.00. The van der Waals surface area contributed by atoms with Crippen molar-refractivity contribution in [2.45, 2.75) is 40.3 Å². The van der Waals surface area contributed by atoms with Gasteiger partial charge in [0, 0.05) is 19.6 Å². The second-order valence-corrected chi connectivity index (χ2v) is 6.36. The van der Waals surface area contributed by atoms with Gasteiger partial charge in [0.25, 0.3) is 0 Å². The highest BCUT2D eigenvalue weighted by molar-refractivity contribution is 5.79. The topological polar surface area (TPSA) is 39.7 Å². The Morgan fingerprint density at radius 3 is 2.55 bits per heavy atom. The maximum Gasteiger partial charge on any atom is 0.191 e. The molecule has 0 bridgehead atoms. The summed E-state index contributed by atoms with van der Waals surface area (Å²) in [6.07, 6.45) is 1.16. The normalized spacial score (nSPS) is 12.0. The van der Waals surface area contributed by atoms with Gasteiger partial charge in [0.2, 0.25) is 0 Å². The average Bonchev–Trinajstić information content (AvgIpc) is 2.44. The summed E-state index contributed by atoms with van der Waals surface area (Å²) in [5.74, 6) is 1.61. The van der Waals surface area contributed by atoms with Gasteiger partial charge >= 0.3 is 0 Å². The predicted octanol–water partition coefficient (Wildman–Crippen LogP) is 2.85. The molecule has 4 heteroatoms. The summed E-state index contributed by atoms with van der Waals surface area (Å²) in [4.78, 5) is 6.86. The number of guanidine groups is 1. The van der Waals surface area contributed by atoms with Gasteiger partial charge in [-0.15, -0.1) is 0 Å². The van der Waals surface area contributed by atoms with E-state index >= 15 is 0 Å². The van der Waals surface area contributed by atoms with Crippen LogP contribution in [-0.4, -0.2) is 38.0 Å². The minimum Gasteiger partial charge on any atom is -0.357 e.